The summed E-state index contributed by atoms with van der Waals surface area (Å²) in [6.07, 6.45) is 0.0931. The molecule has 2 aromatic carbocycles. The number of amides is 1. The Kier molecular flexibility index (Phi) is 7.68. The Labute approximate surface area is 216 Å². The number of nitrogens with one attached hydrogen (secondary N) is 2. The van der Waals surface area contributed by atoms with E-state index in [1.165, 1.54) is 12.1 Å². The van der Waals surface area contributed by atoms with Crippen LogP contribution < -0.4 is 15.4 Å². The number of carbonyl (C=O) groups is 1. The molecule has 0 radical (unpaired) electrons. The van der Waals surface area contributed by atoms with Gasteiger partial charge in [-0.25, -0.2) is 4.98 Å². The SMILES string of the molecule is CC(Oc1cccnc1Nc1cnn(C)c1)c1cccc(C(=O)NCc2ccc(Cl)c(C(F)(F)F)c2)c1. The average Bonchev–Trinajstić information content (AvgIpc) is 3.28. The predicted molar refractivity (Wildman–Crippen MR) is 134 cm³/mol. The van der Waals surface area contributed by atoms with Crippen LogP contribution in [0.1, 0.15) is 40.1 Å². The van der Waals surface area contributed by atoms with E-state index < -0.39 is 28.8 Å². The molecule has 0 aliphatic carbocycles. The van der Waals surface area contributed by atoms with E-state index in [9.17, 15) is 18.0 Å². The molecule has 37 heavy (non-hydrogen) atoms. The van der Waals surface area contributed by atoms with E-state index in [-0.39, 0.29) is 12.1 Å². The molecule has 4 aromatic rings. The third-order valence-corrected chi connectivity index (χ3v) is 5.78. The highest BCUT2D eigenvalue weighted by molar-refractivity contribution is 6.31. The van der Waals surface area contributed by atoms with E-state index in [0.717, 1.165) is 17.3 Å². The maximum Gasteiger partial charge on any atom is 0.417 e. The number of benzene rings is 2. The number of pyridine rings is 1. The first-order valence-corrected chi connectivity index (χ1v) is 11.6. The first kappa shape index (κ1) is 26.0. The molecule has 1 atom stereocenters. The topological polar surface area (TPSA) is 81.1 Å². The fraction of sp³-hybridized carbons (Fsp3) is 0.192. The third-order valence-electron chi connectivity index (χ3n) is 5.45. The van der Waals surface area contributed by atoms with E-state index in [1.54, 1.807) is 53.6 Å². The lowest BCUT2D eigenvalue weighted by atomic mass is 10.1. The van der Waals surface area contributed by atoms with Crippen molar-refractivity contribution in [3.63, 3.8) is 0 Å². The van der Waals surface area contributed by atoms with Gasteiger partial charge in [0.2, 0.25) is 0 Å². The van der Waals surface area contributed by atoms with Gasteiger partial charge in [-0.1, -0.05) is 29.8 Å². The normalized spacial score (nSPS) is 12.2. The molecule has 4 rings (SSSR count). The number of ether oxygens (including phenoxy) is 1. The van der Waals surface area contributed by atoms with Crippen molar-refractivity contribution in [2.45, 2.75) is 25.7 Å². The van der Waals surface area contributed by atoms with Crippen molar-refractivity contribution in [1.29, 1.82) is 0 Å². The highest BCUT2D eigenvalue weighted by atomic mass is 35.5. The van der Waals surface area contributed by atoms with Crippen LogP contribution in [0.2, 0.25) is 5.02 Å². The van der Waals surface area contributed by atoms with Gasteiger partial charge in [0, 0.05) is 31.5 Å². The third kappa shape index (κ3) is 6.59. The second kappa shape index (κ2) is 10.9. The van der Waals surface area contributed by atoms with Crippen LogP contribution in [0.15, 0.2) is 73.2 Å². The molecule has 1 unspecified atom stereocenters. The maximum absolute atomic E-state index is 13.1. The van der Waals surface area contributed by atoms with Crippen molar-refractivity contribution < 1.29 is 22.7 Å². The van der Waals surface area contributed by atoms with Crippen molar-refractivity contribution in [3.05, 3.63) is 100 Å². The number of hydrogen-bond donors (Lipinski definition) is 2. The summed E-state index contributed by atoms with van der Waals surface area (Å²) in [5.41, 5.74) is 1.16. The number of halogens is 4. The van der Waals surface area contributed by atoms with Gasteiger partial charge in [-0.3, -0.25) is 9.48 Å². The van der Waals surface area contributed by atoms with Crippen molar-refractivity contribution in [2.75, 3.05) is 5.32 Å². The summed E-state index contributed by atoms with van der Waals surface area (Å²) in [5, 5.41) is 9.55. The Morgan fingerprint density at radius 3 is 2.70 bits per heavy atom. The smallest absolute Gasteiger partial charge is 0.417 e. The number of aryl methyl sites for hydroxylation is 1. The van der Waals surface area contributed by atoms with Gasteiger partial charge in [0.25, 0.3) is 5.91 Å². The van der Waals surface area contributed by atoms with E-state index in [4.69, 9.17) is 16.3 Å². The van der Waals surface area contributed by atoms with Crippen LogP contribution in [0.3, 0.4) is 0 Å². The number of anilines is 2. The molecular weight excluding hydrogens is 507 g/mol. The number of nitrogens with zero attached hydrogens (tertiary/aromatic N) is 3. The summed E-state index contributed by atoms with van der Waals surface area (Å²) in [7, 11) is 1.81. The maximum atomic E-state index is 13.1. The summed E-state index contributed by atoms with van der Waals surface area (Å²) < 4.78 is 47.1. The Balaban J connectivity index is 1.43. The molecule has 0 aliphatic rings. The molecule has 0 aliphatic heterocycles. The van der Waals surface area contributed by atoms with Gasteiger partial charge >= 0.3 is 6.18 Å². The van der Waals surface area contributed by atoms with Gasteiger partial charge in [0.1, 0.15) is 6.10 Å². The van der Waals surface area contributed by atoms with Crippen LogP contribution in [0, 0.1) is 0 Å². The van der Waals surface area contributed by atoms with Gasteiger partial charge in [-0.2, -0.15) is 18.3 Å². The molecular formula is C26H23ClF3N5O2. The lowest BCUT2D eigenvalue weighted by Gasteiger charge is -2.18. The van der Waals surface area contributed by atoms with Crippen LogP contribution >= 0.6 is 11.6 Å². The summed E-state index contributed by atoms with van der Waals surface area (Å²) >= 11 is 5.66. The van der Waals surface area contributed by atoms with E-state index in [2.05, 4.69) is 20.7 Å². The Bertz CT molecular complexity index is 1410. The monoisotopic (exact) mass is 529 g/mol. The minimum atomic E-state index is -4.58. The van der Waals surface area contributed by atoms with Crippen LogP contribution in [0.25, 0.3) is 0 Å². The lowest BCUT2D eigenvalue weighted by molar-refractivity contribution is -0.137. The molecule has 11 heteroatoms. The molecule has 0 bridgehead atoms. The first-order valence-electron chi connectivity index (χ1n) is 11.2. The largest absolute Gasteiger partial charge is 0.482 e. The van der Waals surface area contributed by atoms with Crippen LogP contribution in [-0.2, 0) is 19.8 Å². The Hall–Kier alpha value is -4.05. The summed E-state index contributed by atoms with van der Waals surface area (Å²) in [6, 6.07) is 13.9. The van der Waals surface area contributed by atoms with E-state index >= 15 is 0 Å². The quantitative estimate of drug-likeness (QED) is 0.280. The first-order chi connectivity index (χ1) is 17.6. The standard InChI is InChI=1S/C26H23ClF3N5O2/c1-16(37-23-7-4-10-31-24(23)34-20-14-33-35(2)15-20)18-5-3-6-19(12-18)25(36)32-13-17-8-9-22(27)21(11-17)26(28,29)30/h3-12,14-16H,13H2,1-2H3,(H,31,34)(H,32,36). The average molecular weight is 530 g/mol. The summed E-state index contributed by atoms with van der Waals surface area (Å²) in [4.78, 5) is 17.1. The second-order valence-corrected chi connectivity index (χ2v) is 8.67. The molecule has 192 valence electrons. The number of carbonyl (C=O) groups excluding carboxylic acids is 1. The van der Waals surface area contributed by atoms with Gasteiger partial charge in [0.15, 0.2) is 11.6 Å². The zero-order chi connectivity index (χ0) is 26.6. The van der Waals surface area contributed by atoms with Crippen LogP contribution in [-0.4, -0.2) is 20.7 Å². The molecule has 2 heterocycles. The van der Waals surface area contributed by atoms with Crippen LogP contribution in [0.4, 0.5) is 24.7 Å². The molecule has 1 amide bonds. The van der Waals surface area contributed by atoms with E-state index in [0.29, 0.717) is 17.1 Å². The minimum absolute atomic E-state index is 0.0889. The highest BCUT2D eigenvalue weighted by Gasteiger charge is 2.33. The predicted octanol–water partition coefficient (Wildman–Crippen LogP) is 6.30. The summed E-state index contributed by atoms with van der Waals surface area (Å²) in [5.74, 6) is 0.590. The van der Waals surface area contributed by atoms with Gasteiger partial charge in [0.05, 0.1) is 22.5 Å². The molecule has 0 spiro atoms. The fourth-order valence-corrected chi connectivity index (χ4v) is 3.80. The zero-order valence-electron chi connectivity index (χ0n) is 19.9. The molecule has 0 fully saturated rings. The number of rotatable bonds is 8. The van der Waals surface area contributed by atoms with Crippen molar-refractivity contribution in [3.8, 4) is 5.75 Å². The second-order valence-electron chi connectivity index (χ2n) is 8.26. The van der Waals surface area contributed by atoms with Crippen molar-refractivity contribution in [1.82, 2.24) is 20.1 Å². The zero-order valence-corrected chi connectivity index (χ0v) is 20.6. The van der Waals surface area contributed by atoms with E-state index in [1.807, 2.05) is 20.0 Å². The molecule has 2 aromatic heterocycles. The Morgan fingerprint density at radius 1 is 1.16 bits per heavy atom. The van der Waals surface area contributed by atoms with Gasteiger partial charge in [-0.15, -0.1) is 0 Å². The van der Waals surface area contributed by atoms with Crippen molar-refractivity contribution in [2.24, 2.45) is 7.05 Å². The summed E-state index contributed by atoms with van der Waals surface area (Å²) in [6.45, 7) is 1.75. The lowest BCUT2D eigenvalue weighted by Crippen LogP contribution is -2.23. The molecule has 2 N–H and O–H groups in total. The number of aromatic nitrogens is 3. The molecule has 0 saturated heterocycles. The number of hydrogen-bond acceptors (Lipinski definition) is 5. The van der Waals surface area contributed by atoms with Crippen molar-refractivity contribution >= 4 is 29.0 Å². The van der Waals surface area contributed by atoms with Gasteiger partial charge < -0.3 is 15.4 Å². The minimum Gasteiger partial charge on any atom is -0.482 e. The molecule has 0 saturated carbocycles. The van der Waals surface area contributed by atoms with Gasteiger partial charge in [-0.05, 0) is 54.4 Å². The van der Waals surface area contributed by atoms with Crippen LogP contribution in [0.5, 0.6) is 5.75 Å². The molecule has 7 nitrogen and oxygen atoms in total. The Morgan fingerprint density at radius 2 is 1.97 bits per heavy atom. The highest BCUT2D eigenvalue weighted by Crippen LogP contribution is 2.35. The number of alkyl halides is 3. The fourth-order valence-electron chi connectivity index (χ4n) is 3.58.